The van der Waals surface area contributed by atoms with Crippen molar-refractivity contribution in [3.63, 3.8) is 0 Å². The first kappa shape index (κ1) is 14.7. The van der Waals surface area contributed by atoms with Gasteiger partial charge in [-0.1, -0.05) is 47.5 Å². The van der Waals surface area contributed by atoms with E-state index in [0.29, 0.717) is 22.3 Å². The maximum atomic E-state index is 6.18. The van der Waals surface area contributed by atoms with Gasteiger partial charge in [0.2, 0.25) is 0 Å². The van der Waals surface area contributed by atoms with Crippen LogP contribution in [0.15, 0.2) is 30.3 Å². The van der Waals surface area contributed by atoms with Gasteiger partial charge >= 0.3 is 0 Å². The zero-order valence-electron chi connectivity index (χ0n) is 12.2. The van der Waals surface area contributed by atoms with Crippen LogP contribution in [0.2, 0.25) is 10.3 Å². The lowest BCUT2D eigenvalue weighted by molar-refractivity contribution is 0.373. The number of pyridine rings is 1. The van der Waals surface area contributed by atoms with E-state index < -0.39 is 0 Å². The minimum Gasteiger partial charge on any atom is -0.380 e. The fourth-order valence-corrected chi connectivity index (χ4v) is 3.59. The Morgan fingerprint density at radius 3 is 2.48 bits per heavy atom. The average Bonchev–Trinajstić information content (AvgIpc) is 2.37. The summed E-state index contributed by atoms with van der Waals surface area (Å²) < 4.78 is 0. The van der Waals surface area contributed by atoms with E-state index in [1.54, 1.807) is 0 Å². The minimum atomic E-state index is 0.439. The molecule has 1 N–H and O–H groups in total. The first-order valence-corrected chi connectivity index (χ1v) is 7.95. The van der Waals surface area contributed by atoms with Crippen LogP contribution in [0.5, 0.6) is 0 Å². The topological polar surface area (TPSA) is 24.9 Å². The van der Waals surface area contributed by atoms with Crippen molar-refractivity contribution in [3.05, 3.63) is 57.3 Å². The predicted molar refractivity (Wildman–Crippen MR) is 89.6 cm³/mol. The largest absolute Gasteiger partial charge is 0.380 e. The van der Waals surface area contributed by atoms with Gasteiger partial charge in [-0.05, 0) is 55.4 Å². The predicted octanol–water partition coefficient (Wildman–Crippen LogP) is 5.36. The molecule has 0 saturated heterocycles. The van der Waals surface area contributed by atoms with Crippen molar-refractivity contribution in [2.45, 2.75) is 38.6 Å². The Hall–Kier alpha value is -1.25. The normalized spacial score (nSPS) is 21.0. The van der Waals surface area contributed by atoms with Gasteiger partial charge in [-0.25, -0.2) is 4.98 Å². The number of hydrogen-bond acceptors (Lipinski definition) is 2. The molecule has 1 aliphatic carbocycles. The van der Waals surface area contributed by atoms with Gasteiger partial charge in [-0.15, -0.1) is 0 Å². The van der Waals surface area contributed by atoms with E-state index in [0.717, 1.165) is 24.1 Å². The Morgan fingerprint density at radius 1 is 1.10 bits per heavy atom. The van der Waals surface area contributed by atoms with Crippen LogP contribution < -0.4 is 5.32 Å². The van der Waals surface area contributed by atoms with Crippen LogP contribution in [-0.4, -0.2) is 11.0 Å². The van der Waals surface area contributed by atoms with E-state index in [1.165, 1.54) is 11.1 Å². The van der Waals surface area contributed by atoms with Gasteiger partial charge in [0.15, 0.2) is 5.15 Å². The van der Waals surface area contributed by atoms with Crippen molar-refractivity contribution < 1.29 is 0 Å². The molecule has 1 saturated carbocycles. The molecule has 2 aromatic rings. The molecule has 0 unspecified atom stereocenters. The number of hydrogen-bond donors (Lipinski definition) is 1. The number of nitrogens with zero attached hydrogens (tertiary/aromatic N) is 1. The van der Waals surface area contributed by atoms with E-state index in [9.17, 15) is 0 Å². The van der Waals surface area contributed by atoms with Gasteiger partial charge in [0.05, 0.1) is 5.69 Å². The maximum Gasteiger partial charge on any atom is 0.154 e. The molecule has 1 fully saturated rings. The molecule has 0 radical (unpaired) electrons. The van der Waals surface area contributed by atoms with Gasteiger partial charge in [0.25, 0.3) is 0 Å². The van der Waals surface area contributed by atoms with Crippen molar-refractivity contribution in [3.8, 4) is 0 Å². The summed E-state index contributed by atoms with van der Waals surface area (Å²) in [4.78, 5) is 4.11. The fourth-order valence-electron chi connectivity index (χ4n) is 3.01. The smallest absolute Gasteiger partial charge is 0.154 e. The molecule has 0 aliphatic heterocycles. The van der Waals surface area contributed by atoms with Gasteiger partial charge in [0, 0.05) is 6.04 Å². The number of benzene rings is 1. The molecule has 110 valence electrons. The molecule has 0 bridgehead atoms. The van der Waals surface area contributed by atoms with E-state index in [1.807, 2.05) is 13.0 Å². The highest BCUT2D eigenvalue weighted by molar-refractivity contribution is 6.34. The van der Waals surface area contributed by atoms with Crippen LogP contribution in [-0.2, 0) is 0 Å². The monoisotopic (exact) mass is 320 g/mol. The summed E-state index contributed by atoms with van der Waals surface area (Å²) in [6.07, 6.45) is 2.26. The first-order chi connectivity index (χ1) is 10.0. The van der Waals surface area contributed by atoms with Crippen LogP contribution in [0.1, 0.15) is 35.4 Å². The Balaban J connectivity index is 1.67. The Morgan fingerprint density at radius 2 is 1.81 bits per heavy atom. The number of nitrogens with one attached hydrogen (secondary N) is 1. The Bertz CT molecular complexity index is 641. The van der Waals surface area contributed by atoms with Gasteiger partial charge in [-0.2, -0.15) is 0 Å². The second kappa shape index (κ2) is 5.86. The summed E-state index contributed by atoms with van der Waals surface area (Å²) in [5, 5.41) is 4.41. The summed E-state index contributed by atoms with van der Waals surface area (Å²) in [6.45, 7) is 4.18. The standard InChI is InChI=1S/C17H18Cl2N2/c1-10-5-3-4-6-14(10)12-8-13(9-12)20-16-11(2)7-15(18)21-17(16)19/h3-7,12-13,20H,8-9H2,1-2H3. The van der Waals surface area contributed by atoms with Crippen molar-refractivity contribution in [1.82, 2.24) is 4.98 Å². The first-order valence-electron chi connectivity index (χ1n) is 7.19. The number of aryl methyl sites for hydroxylation is 2. The Kier molecular flexibility index (Phi) is 4.10. The highest BCUT2D eigenvalue weighted by Crippen LogP contribution is 2.41. The number of aromatic nitrogens is 1. The molecule has 1 aliphatic rings. The SMILES string of the molecule is Cc1ccccc1C1CC(Nc2c(C)cc(Cl)nc2Cl)C1. The van der Waals surface area contributed by atoms with E-state index in [2.05, 4.69) is 41.5 Å². The Labute approximate surface area is 135 Å². The zero-order valence-corrected chi connectivity index (χ0v) is 13.7. The molecule has 2 nitrogen and oxygen atoms in total. The van der Waals surface area contributed by atoms with Crippen LogP contribution in [0.3, 0.4) is 0 Å². The maximum absolute atomic E-state index is 6.18. The fraction of sp³-hybridized carbons (Fsp3) is 0.353. The molecule has 4 heteroatoms. The average molecular weight is 321 g/mol. The van der Waals surface area contributed by atoms with E-state index >= 15 is 0 Å². The summed E-state index contributed by atoms with van der Waals surface area (Å²) in [5.41, 5.74) is 4.80. The summed E-state index contributed by atoms with van der Waals surface area (Å²) >= 11 is 12.1. The molecule has 1 aromatic carbocycles. The number of halogens is 2. The van der Waals surface area contributed by atoms with Crippen molar-refractivity contribution in [2.75, 3.05) is 5.32 Å². The summed E-state index contributed by atoms with van der Waals surface area (Å²) in [7, 11) is 0. The lowest BCUT2D eigenvalue weighted by atomic mass is 9.74. The lowest BCUT2D eigenvalue weighted by Crippen LogP contribution is -2.34. The van der Waals surface area contributed by atoms with Gasteiger partial charge in [0.1, 0.15) is 5.15 Å². The van der Waals surface area contributed by atoms with Crippen LogP contribution in [0.4, 0.5) is 5.69 Å². The van der Waals surface area contributed by atoms with Crippen LogP contribution in [0, 0.1) is 13.8 Å². The zero-order chi connectivity index (χ0) is 15.0. The molecule has 1 aromatic heterocycles. The molecule has 0 spiro atoms. The van der Waals surface area contributed by atoms with Crippen molar-refractivity contribution in [2.24, 2.45) is 0 Å². The van der Waals surface area contributed by atoms with Gasteiger partial charge in [-0.3, -0.25) is 0 Å². The van der Waals surface area contributed by atoms with Crippen molar-refractivity contribution in [1.29, 1.82) is 0 Å². The highest BCUT2D eigenvalue weighted by atomic mass is 35.5. The molecular formula is C17H18Cl2N2. The lowest BCUT2D eigenvalue weighted by Gasteiger charge is -2.38. The molecule has 1 heterocycles. The second-order valence-electron chi connectivity index (χ2n) is 5.79. The molecule has 3 rings (SSSR count). The third-order valence-electron chi connectivity index (χ3n) is 4.26. The third kappa shape index (κ3) is 3.02. The second-order valence-corrected chi connectivity index (χ2v) is 6.54. The van der Waals surface area contributed by atoms with Gasteiger partial charge < -0.3 is 5.32 Å². The van der Waals surface area contributed by atoms with E-state index in [-0.39, 0.29) is 0 Å². The summed E-state index contributed by atoms with van der Waals surface area (Å²) in [5.74, 6) is 0.642. The minimum absolute atomic E-state index is 0.439. The van der Waals surface area contributed by atoms with Crippen LogP contribution in [0.25, 0.3) is 0 Å². The van der Waals surface area contributed by atoms with Crippen molar-refractivity contribution >= 4 is 28.9 Å². The molecule has 21 heavy (non-hydrogen) atoms. The third-order valence-corrected chi connectivity index (χ3v) is 4.72. The molecule has 0 amide bonds. The summed E-state index contributed by atoms with van der Waals surface area (Å²) in [6, 6.07) is 10.9. The number of rotatable bonds is 3. The highest BCUT2D eigenvalue weighted by Gasteiger charge is 2.31. The van der Waals surface area contributed by atoms with Crippen LogP contribution >= 0.6 is 23.2 Å². The molecule has 0 atom stereocenters. The number of anilines is 1. The quantitative estimate of drug-likeness (QED) is 0.769. The molecular weight excluding hydrogens is 303 g/mol. The van der Waals surface area contributed by atoms with E-state index in [4.69, 9.17) is 23.2 Å².